The Morgan fingerprint density at radius 2 is 1.96 bits per heavy atom. The van der Waals surface area contributed by atoms with E-state index >= 15 is 0 Å². The third-order valence-corrected chi connectivity index (χ3v) is 4.42. The van der Waals surface area contributed by atoms with Crippen molar-refractivity contribution in [2.75, 3.05) is 7.05 Å². The molecule has 3 rings (SSSR count). The highest BCUT2D eigenvalue weighted by molar-refractivity contribution is 5.92. The van der Waals surface area contributed by atoms with E-state index in [1.54, 1.807) is 48.3 Å². The summed E-state index contributed by atoms with van der Waals surface area (Å²) in [7, 11) is 1.72. The fraction of sp³-hybridized carbons (Fsp3) is 0.263. The average molecular weight is 326 g/mol. The number of nitrogens with zero attached hydrogens (tertiary/aromatic N) is 1. The number of hydrogen-bond donors (Lipinski definition) is 1. The summed E-state index contributed by atoms with van der Waals surface area (Å²) in [4.78, 5) is 25.4. The van der Waals surface area contributed by atoms with Crippen LogP contribution in [0.4, 0.5) is 4.39 Å². The zero-order valence-corrected chi connectivity index (χ0v) is 13.4. The van der Waals surface area contributed by atoms with E-state index < -0.39 is 5.91 Å². The third-order valence-electron chi connectivity index (χ3n) is 4.42. The van der Waals surface area contributed by atoms with Crippen LogP contribution in [0.15, 0.2) is 48.5 Å². The van der Waals surface area contributed by atoms with E-state index in [4.69, 9.17) is 5.73 Å². The maximum Gasteiger partial charge on any atom is 0.248 e. The molecule has 1 saturated carbocycles. The lowest BCUT2D eigenvalue weighted by Crippen LogP contribution is -2.28. The Morgan fingerprint density at radius 1 is 1.21 bits per heavy atom. The van der Waals surface area contributed by atoms with Gasteiger partial charge in [0.05, 0.1) is 0 Å². The van der Waals surface area contributed by atoms with Gasteiger partial charge in [0, 0.05) is 25.1 Å². The second-order valence-corrected chi connectivity index (χ2v) is 6.23. The van der Waals surface area contributed by atoms with E-state index in [-0.39, 0.29) is 23.6 Å². The minimum Gasteiger partial charge on any atom is -0.366 e. The molecular weight excluding hydrogens is 307 g/mol. The molecule has 0 radical (unpaired) electrons. The molecule has 0 aliphatic heterocycles. The van der Waals surface area contributed by atoms with Crippen molar-refractivity contribution in [3.8, 4) is 0 Å². The molecule has 1 aliphatic carbocycles. The summed E-state index contributed by atoms with van der Waals surface area (Å²) in [5.41, 5.74) is 7.14. The summed E-state index contributed by atoms with van der Waals surface area (Å²) in [6.45, 7) is 0.389. The second-order valence-electron chi connectivity index (χ2n) is 6.23. The molecule has 1 fully saturated rings. The highest BCUT2D eigenvalue weighted by Gasteiger charge is 2.46. The van der Waals surface area contributed by atoms with Gasteiger partial charge in [-0.05, 0) is 41.7 Å². The van der Waals surface area contributed by atoms with Gasteiger partial charge in [0.15, 0.2) is 0 Å². The number of hydrogen-bond acceptors (Lipinski definition) is 2. The molecular formula is C19H19FN2O2. The largest absolute Gasteiger partial charge is 0.366 e. The lowest BCUT2D eigenvalue weighted by Gasteiger charge is -2.18. The van der Waals surface area contributed by atoms with E-state index in [0.29, 0.717) is 24.1 Å². The standard InChI is InChI=1S/C19H19FN2O2/c1-22(11-12-5-4-6-13(9-12)18(21)23)19(24)16-10-15(16)14-7-2-3-8-17(14)20/h2-9,15-16H,10-11H2,1H3,(H2,21,23). The first kappa shape index (κ1) is 16.2. The monoisotopic (exact) mass is 326 g/mol. The van der Waals surface area contributed by atoms with Gasteiger partial charge in [0.25, 0.3) is 0 Å². The molecule has 2 unspecified atom stereocenters. The van der Waals surface area contributed by atoms with Crippen molar-refractivity contribution >= 4 is 11.8 Å². The van der Waals surface area contributed by atoms with Gasteiger partial charge >= 0.3 is 0 Å². The summed E-state index contributed by atoms with van der Waals surface area (Å²) in [6, 6.07) is 13.5. The van der Waals surface area contributed by atoms with Crippen LogP contribution in [0, 0.1) is 11.7 Å². The lowest BCUT2D eigenvalue weighted by atomic mass is 10.1. The zero-order chi connectivity index (χ0) is 17.3. The van der Waals surface area contributed by atoms with E-state index in [0.717, 1.165) is 5.56 Å². The smallest absolute Gasteiger partial charge is 0.248 e. The van der Waals surface area contributed by atoms with Gasteiger partial charge in [-0.25, -0.2) is 4.39 Å². The molecule has 2 N–H and O–H groups in total. The van der Waals surface area contributed by atoms with Gasteiger partial charge in [-0.2, -0.15) is 0 Å². The first-order valence-electron chi connectivity index (χ1n) is 7.85. The Hall–Kier alpha value is -2.69. The van der Waals surface area contributed by atoms with E-state index in [9.17, 15) is 14.0 Å². The van der Waals surface area contributed by atoms with Crippen molar-refractivity contribution in [2.24, 2.45) is 11.7 Å². The normalized spacial score (nSPS) is 18.9. The highest BCUT2D eigenvalue weighted by Crippen LogP contribution is 2.49. The van der Waals surface area contributed by atoms with Crippen LogP contribution in [0.5, 0.6) is 0 Å². The molecule has 0 saturated heterocycles. The summed E-state index contributed by atoms with van der Waals surface area (Å²) >= 11 is 0. The fourth-order valence-corrected chi connectivity index (χ4v) is 3.05. The molecule has 124 valence electrons. The maximum atomic E-state index is 13.8. The van der Waals surface area contributed by atoms with Gasteiger partial charge in [-0.3, -0.25) is 9.59 Å². The van der Waals surface area contributed by atoms with E-state index in [1.807, 2.05) is 6.07 Å². The number of primary amides is 1. The number of nitrogens with two attached hydrogens (primary N) is 1. The van der Waals surface area contributed by atoms with Crippen LogP contribution < -0.4 is 5.73 Å². The van der Waals surface area contributed by atoms with Crippen molar-refractivity contribution < 1.29 is 14.0 Å². The Kier molecular flexibility index (Phi) is 4.34. The van der Waals surface area contributed by atoms with Crippen molar-refractivity contribution in [3.63, 3.8) is 0 Å². The molecule has 1 aliphatic rings. The van der Waals surface area contributed by atoms with Crippen LogP contribution >= 0.6 is 0 Å². The molecule has 2 aromatic rings. The molecule has 24 heavy (non-hydrogen) atoms. The minimum absolute atomic E-state index is 0.00673. The molecule has 0 aromatic heterocycles. The van der Waals surface area contributed by atoms with Crippen LogP contribution in [0.3, 0.4) is 0 Å². The Balaban J connectivity index is 1.65. The van der Waals surface area contributed by atoms with Crippen LogP contribution in [0.2, 0.25) is 0 Å². The quantitative estimate of drug-likeness (QED) is 0.918. The Morgan fingerprint density at radius 3 is 2.67 bits per heavy atom. The molecule has 0 heterocycles. The predicted octanol–water partition coefficient (Wildman–Crippen LogP) is 2.69. The molecule has 5 heteroatoms. The molecule has 0 spiro atoms. The SMILES string of the molecule is CN(Cc1cccc(C(N)=O)c1)C(=O)C1CC1c1ccccc1F. The minimum atomic E-state index is -0.493. The van der Waals surface area contributed by atoms with E-state index in [2.05, 4.69) is 0 Å². The van der Waals surface area contributed by atoms with Gasteiger partial charge in [-0.15, -0.1) is 0 Å². The van der Waals surface area contributed by atoms with Crippen molar-refractivity contribution in [1.29, 1.82) is 0 Å². The summed E-state index contributed by atoms with van der Waals surface area (Å²) < 4.78 is 13.8. The zero-order valence-electron chi connectivity index (χ0n) is 13.4. The predicted molar refractivity (Wildman–Crippen MR) is 88.7 cm³/mol. The maximum absolute atomic E-state index is 13.8. The number of carbonyl (C=O) groups is 2. The molecule has 2 amide bonds. The third kappa shape index (κ3) is 3.30. The van der Waals surface area contributed by atoms with Crippen LogP contribution in [0.25, 0.3) is 0 Å². The summed E-state index contributed by atoms with van der Waals surface area (Å²) in [5.74, 6) is -0.973. The number of rotatable bonds is 5. The fourth-order valence-electron chi connectivity index (χ4n) is 3.05. The summed E-state index contributed by atoms with van der Waals surface area (Å²) in [5, 5.41) is 0. The molecule has 2 atom stereocenters. The topological polar surface area (TPSA) is 63.4 Å². The number of halogens is 1. The Labute approximate surface area is 140 Å². The van der Waals surface area contributed by atoms with Crippen LogP contribution in [-0.4, -0.2) is 23.8 Å². The van der Waals surface area contributed by atoms with E-state index in [1.165, 1.54) is 6.07 Å². The first-order valence-corrected chi connectivity index (χ1v) is 7.85. The number of carbonyl (C=O) groups excluding carboxylic acids is 2. The van der Waals surface area contributed by atoms with Gasteiger partial charge in [0.1, 0.15) is 5.82 Å². The molecule has 2 aromatic carbocycles. The van der Waals surface area contributed by atoms with Crippen LogP contribution in [-0.2, 0) is 11.3 Å². The number of benzene rings is 2. The van der Waals surface area contributed by atoms with Gasteiger partial charge in [-0.1, -0.05) is 30.3 Å². The van der Waals surface area contributed by atoms with Crippen molar-refractivity contribution in [2.45, 2.75) is 18.9 Å². The Bertz CT molecular complexity index is 790. The van der Waals surface area contributed by atoms with Gasteiger partial charge < -0.3 is 10.6 Å². The highest BCUT2D eigenvalue weighted by atomic mass is 19.1. The molecule has 0 bridgehead atoms. The second kappa shape index (κ2) is 6.43. The molecule has 4 nitrogen and oxygen atoms in total. The average Bonchev–Trinajstić information content (AvgIpc) is 3.35. The number of amides is 2. The summed E-state index contributed by atoms with van der Waals surface area (Å²) in [6.07, 6.45) is 0.672. The van der Waals surface area contributed by atoms with Crippen molar-refractivity contribution in [1.82, 2.24) is 4.90 Å². The van der Waals surface area contributed by atoms with Crippen LogP contribution in [0.1, 0.15) is 33.8 Å². The lowest BCUT2D eigenvalue weighted by molar-refractivity contribution is -0.131. The van der Waals surface area contributed by atoms with Crippen molar-refractivity contribution in [3.05, 3.63) is 71.0 Å². The first-order chi connectivity index (χ1) is 11.5. The van der Waals surface area contributed by atoms with Gasteiger partial charge in [0.2, 0.25) is 11.8 Å².